The van der Waals surface area contributed by atoms with Crippen LogP contribution in [0.25, 0.3) is 6.08 Å². The van der Waals surface area contributed by atoms with Gasteiger partial charge in [-0.3, -0.25) is 4.79 Å². The molecule has 2 aromatic carbocycles. The van der Waals surface area contributed by atoms with E-state index in [1.165, 1.54) is 42.3 Å². The van der Waals surface area contributed by atoms with Crippen LogP contribution in [0.1, 0.15) is 33.0 Å². The van der Waals surface area contributed by atoms with Crippen LogP contribution in [0, 0.1) is 6.92 Å². The van der Waals surface area contributed by atoms with Crippen molar-refractivity contribution in [1.82, 2.24) is 9.88 Å². The third-order valence-electron chi connectivity index (χ3n) is 5.59. The lowest BCUT2D eigenvalue weighted by atomic mass is 10.0. The zero-order valence-electron chi connectivity index (χ0n) is 21.2. The van der Waals surface area contributed by atoms with Crippen LogP contribution in [0.15, 0.2) is 51.7 Å². The number of hydrogen-bond acceptors (Lipinski definition) is 7. The number of aromatic nitrogens is 1. The van der Waals surface area contributed by atoms with Gasteiger partial charge in [-0.25, -0.2) is 4.98 Å². The minimum Gasteiger partial charge on any atom is -0.493 e. The highest BCUT2D eigenvalue weighted by Crippen LogP contribution is 2.39. The van der Waals surface area contributed by atoms with Gasteiger partial charge in [-0.15, -0.1) is 11.3 Å². The van der Waals surface area contributed by atoms with Crippen molar-refractivity contribution in [3.63, 3.8) is 0 Å². The molecule has 0 atom stereocenters. The molecule has 1 aliphatic rings. The van der Waals surface area contributed by atoms with E-state index >= 15 is 0 Å². The summed E-state index contributed by atoms with van der Waals surface area (Å²) in [5.74, 6) is -0.204. The average molecular weight is 602 g/mol. The molecule has 3 aromatic rings. The van der Waals surface area contributed by atoms with Gasteiger partial charge in [0.1, 0.15) is 11.6 Å². The largest absolute Gasteiger partial charge is 0.493 e. The molecule has 0 radical (unpaired) electrons. The van der Waals surface area contributed by atoms with E-state index in [0.717, 1.165) is 16.8 Å². The summed E-state index contributed by atoms with van der Waals surface area (Å²) >= 11 is 2.69. The van der Waals surface area contributed by atoms with Crippen molar-refractivity contribution in [3.05, 3.63) is 79.6 Å². The number of alkyl halides is 6. The first kappa shape index (κ1) is 29.5. The van der Waals surface area contributed by atoms with Crippen LogP contribution in [0.4, 0.5) is 26.3 Å². The summed E-state index contributed by atoms with van der Waals surface area (Å²) in [6.07, 6.45) is -8.35. The molecule has 0 saturated heterocycles. The molecule has 0 aliphatic carbocycles. The maximum absolute atomic E-state index is 13.5. The molecule has 0 N–H and O–H groups in total. The summed E-state index contributed by atoms with van der Waals surface area (Å²) in [6.45, 7) is 1.73. The predicted octanol–water partition coefficient (Wildman–Crippen LogP) is 7.18. The first-order valence-electron chi connectivity index (χ1n) is 11.5. The molecule has 1 aromatic heterocycles. The van der Waals surface area contributed by atoms with Gasteiger partial charge in [-0.2, -0.15) is 31.3 Å². The molecule has 212 valence electrons. The Morgan fingerprint density at radius 1 is 1.02 bits per heavy atom. The number of amides is 1. The second-order valence-corrected chi connectivity index (χ2v) is 10.6. The Hall–Kier alpha value is -3.52. The van der Waals surface area contributed by atoms with Crippen LogP contribution in [-0.4, -0.2) is 35.1 Å². The lowest BCUT2D eigenvalue weighted by Gasteiger charge is -2.17. The fourth-order valence-corrected chi connectivity index (χ4v) is 5.35. The van der Waals surface area contributed by atoms with Gasteiger partial charge in [0.25, 0.3) is 5.91 Å². The van der Waals surface area contributed by atoms with E-state index in [9.17, 15) is 31.1 Å². The quantitative estimate of drug-likeness (QED) is 0.211. The van der Waals surface area contributed by atoms with E-state index in [-0.39, 0.29) is 17.6 Å². The number of thioether (sulfide) groups is 1. The van der Waals surface area contributed by atoms with Crippen molar-refractivity contribution in [1.29, 1.82) is 0 Å². The number of ether oxygens (including phenoxy) is 2. The van der Waals surface area contributed by atoms with Crippen molar-refractivity contribution < 1.29 is 40.6 Å². The van der Waals surface area contributed by atoms with E-state index in [4.69, 9.17) is 9.47 Å². The summed E-state index contributed by atoms with van der Waals surface area (Å²) in [5, 5.41) is 3.32. The topological polar surface area (TPSA) is 64.0 Å². The monoisotopic (exact) mass is 601 g/mol. The number of amidine groups is 1. The maximum atomic E-state index is 13.5. The number of hydrogen-bond donors (Lipinski definition) is 0. The normalized spacial score (nSPS) is 15.0. The predicted molar refractivity (Wildman–Crippen MR) is 140 cm³/mol. The Morgan fingerprint density at radius 3 is 2.40 bits per heavy atom. The SMILES string of the molecule is COc1cc(/C=C2/SC(N(C)Cc3nc(C)cs3)=NC2=O)ccc1OCc1ccc(C(F)(F)F)cc1C(F)(F)F. The molecule has 0 unspecified atom stereocenters. The Balaban J connectivity index is 1.48. The first-order chi connectivity index (χ1) is 18.7. The fraction of sp³-hybridized carbons (Fsp3) is 0.269. The standard InChI is InChI=1S/C26H21F6N3O3S2/c1-14-13-39-22(33-14)11-35(2)24-34-23(36)21(40-24)9-15-4-7-19(20(8-15)37-3)38-12-16-5-6-17(25(27,28)29)10-18(16)26(30,31)32/h4-10,13H,11-12H2,1-3H3/b21-9+. The highest BCUT2D eigenvalue weighted by molar-refractivity contribution is 8.18. The second-order valence-electron chi connectivity index (χ2n) is 8.62. The third-order valence-corrected chi connectivity index (χ3v) is 7.64. The number of carbonyl (C=O) groups is 1. The number of carbonyl (C=O) groups excluding carboxylic acids is 1. The molecule has 2 heterocycles. The van der Waals surface area contributed by atoms with Crippen LogP contribution >= 0.6 is 23.1 Å². The van der Waals surface area contributed by atoms with E-state index in [2.05, 4.69) is 9.98 Å². The number of halogens is 6. The van der Waals surface area contributed by atoms with Gasteiger partial charge in [-0.1, -0.05) is 12.1 Å². The zero-order chi connectivity index (χ0) is 29.2. The van der Waals surface area contributed by atoms with Gasteiger partial charge < -0.3 is 14.4 Å². The van der Waals surface area contributed by atoms with E-state index in [1.54, 1.807) is 19.2 Å². The Labute approximate surface area is 233 Å². The zero-order valence-corrected chi connectivity index (χ0v) is 22.8. The van der Waals surface area contributed by atoms with Gasteiger partial charge in [0.15, 0.2) is 16.7 Å². The molecule has 1 amide bonds. The number of rotatable bonds is 7. The molecule has 0 fully saturated rings. The van der Waals surface area contributed by atoms with Crippen molar-refractivity contribution in [3.8, 4) is 11.5 Å². The molecule has 4 rings (SSSR count). The molecule has 0 bridgehead atoms. The molecule has 14 heteroatoms. The Morgan fingerprint density at radius 2 is 1.77 bits per heavy atom. The summed E-state index contributed by atoms with van der Waals surface area (Å²) in [6, 6.07) is 5.90. The number of thiazole rings is 1. The molecule has 0 spiro atoms. The van der Waals surface area contributed by atoms with E-state index in [0.29, 0.717) is 28.2 Å². The van der Waals surface area contributed by atoms with Crippen LogP contribution in [0.2, 0.25) is 0 Å². The summed E-state index contributed by atoms with van der Waals surface area (Å²) < 4.78 is 90.0. The molecule has 1 aliphatic heterocycles. The molecular weight excluding hydrogens is 580 g/mol. The first-order valence-corrected chi connectivity index (χ1v) is 13.2. The smallest absolute Gasteiger partial charge is 0.416 e. The lowest BCUT2D eigenvalue weighted by Crippen LogP contribution is -2.22. The molecule has 40 heavy (non-hydrogen) atoms. The van der Waals surface area contributed by atoms with E-state index in [1.807, 2.05) is 17.2 Å². The molecule has 0 saturated carbocycles. The lowest BCUT2D eigenvalue weighted by molar-refractivity contribution is -0.143. The summed E-state index contributed by atoms with van der Waals surface area (Å²) in [4.78, 5) is 23.2. The van der Waals surface area contributed by atoms with Crippen LogP contribution in [0.3, 0.4) is 0 Å². The maximum Gasteiger partial charge on any atom is 0.416 e. The number of aryl methyl sites for hydroxylation is 1. The number of aliphatic imine (C=N–C) groups is 1. The third kappa shape index (κ3) is 6.97. The van der Waals surface area contributed by atoms with Gasteiger partial charge in [0, 0.05) is 23.7 Å². The minimum absolute atomic E-state index is 0.0627. The van der Waals surface area contributed by atoms with Crippen molar-refractivity contribution >= 4 is 40.2 Å². The van der Waals surface area contributed by atoms with Crippen LogP contribution in [-0.2, 0) is 30.3 Å². The van der Waals surface area contributed by atoms with Crippen molar-refractivity contribution in [2.45, 2.75) is 32.4 Å². The Bertz CT molecular complexity index is 1480. The van der Waals surface area contributed by atoms with E-state index < -0.39 is 41.6 Å². The number of benzene rings is 2. The number of nitrogens with zero attached hydrogens (tertiary/aromatic N) is 3. The van der Waals surface area contributed by atoms with Gasteiger partial charge in [0.05, 0.1) is 29.7 Å². The van der Waals surface area contributed by atoms with Crippen LogP contribution < -0.4 is 9.47 Å². The fourth-order valence-electron chi connectivity index (χ4n) is 3.65. The minimum atomic E-state index is -5.01. The molecule has 6 nitrogen and oxygen atoms in total. The Kier molecular flexibility index (Phi) is 8.49. The van der Waals surface area contributed by atoms with Gasteiger partial charge in [0.2, 0.25) is 0 Å². The van der Waals surface area contributed by atoms with Gasteiger partial charge >= 0.3 is 12.4 Å². The van der Waals surface area contributed by atoms with Crippen LogP contribution in [0.5, 0.6) is 11.5 Å². The van der Waals surface area contributed by atoms with Gasteiger partial charge in [-0.05, 0) is 54.6 Å². The highest BCUT2D eigenvalue weighted by atomic mass is 32.2. The van der Waals surface area contributed by atoms with Crippen molar-refractivity contribution in [2.75, 3.05) is 14.2 Å². The number of methoxy groups -OCH3 is 1. The summed E-state index contributed by atoms with van der Waals surface area (Å²) in [7, 11) is 3.12. The highest BCUT2D eigenvalue weighted by Gasteiger charge is 2.38. The molecular formula is C26H21F6N3O3S2. The summed E-state index contributed by atoms with van der Waals surface area (Å²) in [5.41, 5.74) is -1.86. The average Bonchev–Trinajstić information content (AvgIpc) is 3.46. The second kappa shape index (κ2) is 11.5. The van der Waals surface area contributed by atoms with Crippen molar-refractivity contribution in [2.24, 2.45) is 4.99 Å².